The van der Waals surface area contributed by atoms with Crippen LogP contribution in [-0.4, -0.2) is 28.0 Å². The van der Waals surface area contributed by atoms with Crippen molar-refractivity contribution >= 4 is 11.6 Å². The van der Waals surface area contributed by atoms with Crippen molar-refractivity contribution in [1.29, 1.82) is 0 Å². The number of nitrogens with zero attached hydrogens (tertiary/aromatic N) is 3. The predicted molar refractivity (Wildman–Crippen MR) is 123 cm³/mol. The van der Waals surface area contributed by atoms with E-state index in [0.717, 1.165) is 42.9 Å². The first-order valence-electron chi connectivity index (χ1n) is 10.9. The molecule has 0 spiro atoms. The molecule has 2 aromatic carbocycles. The molecule has 156 valence electrons. The fraction of sp³-hybridized carbons (Fsp3) is 0.231. The first-order chi connectivity index (χ1) is 15.3. The fourth-order valence-electron chi connectivity index (χ4n) is 4.46. The van der Waals surface area contributed by atoms with E-state index < -0.39 is 0 Å². The van der Waals surface area contributed by atoms with Crippen LogP contribution in [0.2, 0.25) is 0 Å². The summed E-state index contributed by atoms with van der Waals surface area (Å²) < 4.78 is 1.97. The van der Waals surface area contributed by atoms with Gasteiger partial charge in [0.1, 0.15) is 6.04 Å². The third kappa shape index (κ3) is 4.17. The van der Waals surface area contributed by atoms with Crippen LogP contribution in [0.5, 0.6) is 0 Å². The molecular formula is C26H26N4O. The van der Waals surface area contributed by atoms with E-state index in [0.29, 0.717) is 5.92 Å². The van der Waals surface area contributed by atoms with E-state index in [-0.39, 0.29) is 11.9 Å². The summed E-state index contributed by atoms with van der Waals surface area (Å²) in [5.74, 6) is 0.448. The molecule has 1 aromatic heterocycles. The average Bonchev–Trinajstić information content (AvgIpc) is 3.53. The summed E-state index contributed by atoms with van der Waals surface area (Å²) >= 11 is 0. The van der Waals surface area contributed by atoms with E-state index in [1.54, 1.807) is 12.5 Å². The van der Waals surface area contributed by atoms with Gasteiger partial charge in [0.25, 0.3) is 0 Å². The van der Waals surface area contributed by atoms with E-state index in [1.165, 1.54) is 5.56 Å². The quantitative estimate of drug-likeness (QED) is 0.670. The molecule has 31 heavy (non-hydrogen) atoms. The summed E-state index contributed by atoms with van der Waals surface area (Å²) in [5.41, 5.74) is 4.35. The molecule has 0 saturated carbocycles. The molecule has 0 bridgehead atoms. The SMILES string of the molecule is O=C(NC1=CCC(c2ccccc2)C=C1)C1CCCN1c1ccc(-n2ccnc2)cc1. The van der Waals surface area contributed by atoms with Crippen LogP contribution in [0, 0.1) is 0 Å². The zero-order valence-electron chi connectivity index (χ0n) is 17.4. The molecule has 3 aromatic rings. The van der Waals surface area contributed by atoms with Crippen LogP contribution in [0.15, 0.2) is 97.2 Å². The number of imidazole rings is 1. The molecule has 2 heterocycles. The Hall–Kier alpha value is -3.60. The normalized spacial score (nSPS) is 20.5. The highest BCUT2D eigenvalue weighted by atomic mass is 16.2. The molecule has 5 rings (SSSR count). The first-order valence-corrected chi connectivity index (χ1v) is 10.9. The highest BCUT2D eigenvalue weighted by Gasteiger charge is 2.31. The molecule has 0 radical (unpaired) electrons. The van der Waals surface area contributed by atoms with Gasteiger partial charge in [0.05, 0.1) is 6.33 Å². The van der Waals surface area contributed by atoms with Gasteiger partial charge in [-0.1, -0.05) is 42.5 Å². The number of carbonyl (C=O) groups excluding carboxylic acids is 1. The summed E-state index contributed by atoms with van der Waals surface area (Å²) in [7, 11) is 0. The second-order valence-corrected chi connectivity index (χ2v) is 8.10. The summed E-state index contributed by atoms with van der Waals surface area (Å²) in [6.45, 7) is 0.896. The Morgan fingerprint density at radius 1 is 1.03 bits per heavy atom. The molecule has 5 heteroatoms. The van der Waals surface area contributed by atoms with Crippen LogP contribution in [0.4, 0.5) is 5.69 Å². The maximum atomic E-state index is 13.1. The van der Waals surface area contributed by atoms with Gasteiger partial charge in [0.2, 0.25) is 5.91 Å². The highest BCUT2D eigenvalue weighted by molar-refractivity contribution is 5.87. The molecule has 2 unspecified atom stereocenters. The van der Waals surface area contributed by atoms with Crippen molar-refractivity contribution in [1.82, 2.24) is 14.9 Å². The smallest absolute Gasteiger partial charge is 0.247 e. The van der Waals surface area contributed by atoms with Crippen molar-refractivity contribution in [3.05, 3.63) is 103 Å². The van der Waals surface area contributed by atoms with Crippen molar-refractivity contribution in [2.45, 2.75) is 31.2 Å². The van der Waals surface area contributed by atoms with Crippen molar-refractivity contribution in [3.8, 4) is 5.69 Å². The van der Waals surface area contributed by atoms with Gasteiger partial charge >= 0.3 is 0 Å². The van der Waals surface area contributed by atoms with Crippen LogP contribution in [-0.2, 0) is 4.79 Å². The Kier molecular flexibility index (Phi) is 5.40. The predicted octanol–water partition coefficient (Wildman–Crippen LogP) is 4.58. The lowest BCUT2D eigenvalue weighted by Crippen LogP contribution is -2.43. The molecule has 5 nitrogen and oxygen atoms in total. The molecule has 1 N–H and O–H groups in total. The van der Waals surface area contributed by atoms with Crippen LogP contribution in [0.3, 0.4) is 0 Å². The van der Waals surface area contributed by atoms with Gasteiger partial charge in [-0.2, -0.15) is 0 Å². The lowest BCUT2D eigenvalue weighted by atomic mass is 9.92. The van der Waals surface area contributed by atoms with Gasteiger partial charge < -0.3 is 14.8 Å². The van der Waals surface area contributed by atoms with Crippen molar-refractivity contribution < 1.29 is 4.79 Å². The fourth-order valence-corrected chi connectivity index (χ4v) is 4.46. The zero-order valence-corrected chi connectivity index (χ0v) is 17.4. The minimum Gasteiger partial charge on any atom is -0.360 e. The molecule has 1 aliphatic heterocycles. The van der Waals surface area contributed by atoms with Crippen molar-refractivity contribution in [2.75, 3.05) is 11.4 Å². The second-order valence-electron chi connectivity index (χ2n) is 8.10. The van der Waals surface area contributed by atoms with E-state index >= 15 is 0 Å². The standard InChI is InChI=1S/C26H26N4O/c31-26(28-22-10-8-21(9-11-22)20-5-2-1-3-6-20)25-7-4-17-30(25)24-14-12-23(13-15-24)29-18-16-27-19-29/h1-3,5-6,8,10-16,18-19,21,25H,4,7,9,17H2,(H,28,31). The minimum absolute atomic E-state index is 0.0743. The number of hydrogen-bond acceptors (Lipinski definition) is 3. The summed E-state index contributed by atoms with van der Waals surface area (Å²) in [6.07, 6.45) is 14.6. The number of amides is 1. The maximum Gasteiger partial charge on any atom is 0.247 e. The summed E-state index contributed by atoms with van der Waals surface area (Å²) in [6, 6.07) is 18.7. The van der Waals surface area contributed by atoms with Gasteiger partial charge in [-0.25, -0.2) is 4.98 Å². The van der Waals surface area contributed by atoms with Crippen molar-refractivity contribution in [2.24, 2.45) is 0 Å². The minimum atomic E-state index is -0.139. The number of hydrogen-bond donors (Lipinski definition) is 1. The Labute approximate surface area is 182 Å². The Balaban J connectivity index is 1.23. The van der Waals surface area contributed by atoms with Crippen LogP contribution < -0.4 is 10.2 Å². The van der Waals surface area contributed by atoms with Crippen LogP contribution in [0.25, 0.3) is 5.69 Å². The number of aromatic nitrogens is 2. The third-order valence-electron chi connectivity index (χ3n) is 6.13. The third-order valence-corrected chi connectivity index (χ3v) is 6.13. The second kappa shape index (κ2) is 8.64. The number of carbonyl (C=O) groups is 1. The van der Waals surface area contributed by atoms with Crippen LogP contribution in [0.1, 0.15) is 30.7 Å². The molecule has 2 atom stereocenters. The van der Waals surface area contributed by atoms with E-state index in [9.17, 15) is 4.79 Å². The van der Waals surface area contributed by atoms with Gasteiger partial charge in [-0.3, -0.25) is 4.79 Å². The Morgan fingerprint density at radius 2 is 1.84 bits per heavy atom. The molecule has 1 saturated heterocycles. The number of anilines is 1. The average molecular weight is 411 g/mol. The van der Waals surface area contributed by atoms with E-state index in [1.807, 2.05) is 22.9 Å². The molecule has 1 aliphatic carbocycles. The van der Waals surface area contributed by atoms with Crippen LogP contribution >= 0.6 is 0 Å². The summed E-state index contributed by atoms with van der Waals surface area (Å²) in [5, 5.41) is 3.15. The largest absolute Gasteiger partial charge is 0.360 e. The van der Waals surface area contributed by atoms with Gasteiger partial charge in [-0.05, 0) is 55.2 Å². The van der Waals surface area contributed by atoms with E-state index in [4.69, 9.17) is 0 Å². The monoisotopic (exact) mass is 410 g/mol. The Morgan fingerprint density at radius 3 is 2.55 bits per heavy atom. The molecule has 1 amide bonds. The number of benzene rings is 2. The number of allylic oxidation sites excluding steroid dienone is 3. The lowest BCUT2D eigenvalue weighted by molar-refractivity contribution is -0.121. The lowest BCUT2D eigenvalue weighted by Gasteiger charge is -2.27. The number of rotatable bonds is 5. The van der Waals surface area contributed by atoms with Gasteiger partial charge in [-0.15, -0.1) is 0 Å². The summed E-state index contributed by atoms with van der Waals surface area (Å²) in [4.78, 5) is 19.4. The topological polar surface area (TPSA) is 50.2 Å². The highest BCUT2D eigenvalue weighted by Crippen LogP contribution is 2.28. The van der Waals surface area contributed by atoms with Gasteiger partial charge in [0, 0.05) is 41.9 Å². The Bertz CT molecular complexity index is 1080. The molecule has 1 fully saturated rings. The zero-order chi connectivity index (χ0) is 21.0. The first kappa shape index (κ1) is 19.4. The maximum absolute atomic E-state index is 13.1. The molecule has 2 aliphatic rings. The van der Waals surface area contributed by atoms with Gasteiger partial charge in [0.15, 0.2) is 0 Å². The van der Waals surface area contributed by atoms with Crippen molar-refractivity contribution in [3.63, 3.8) is 0 Å². The number of nitrogens with one attached hydrogen (secondary N) is 1. The molecular weight excluding hydrogens is 384 g/mol. The van der Waals surface area contributed by atoms with E-state index in [2.05, 4.69) is 75.9 Å².